The average molecular weight is 1090 g/mol. The number of carbonyl (C=O) groups excluding carboxylic acids is 2. The van der Waals surface area contributed by atoms with Crippen LogP contribution in [0, 0.1) is 0 Å². The van der Waals surface area contributed by atoms with Crippen molar-refractivity contribution in [2.45, 2.75) is 315 Å². The van der Waals surface area contributed by atoms with Crippen LogP contribution in [0.15, 0.2) is 48.6 Å². The van der Waals surface area contributed by atoms with Crippen LogP contribution in [0.3, 0.4) is 0 Å². The van der Waals surface area contributed by atoms with Gasteiger partial charge in [-0.1, -0.05) is 268 Å². The summed E-state index contributed by atoms with van der Waals surface area (Å²) >= 11 is 0. The summed E-state index contributed by atoms with van der Waals surface area (Å²) in [6.45, 7) is 4.44. The van der Waals surface area contributed by atoms with Crippen molar-refractivity contribution in [2.24, 2.45) is 0 Å². The van der Waals surface area contributed by atoms with E-state index in [1.54, 1.807) is 0 Å². The summed E-state index contributed by atoms with van der Waals surface area (Å²) in [6.07, 6.45) is 73.6. The van der Waals surface area contributed by atoms with Gasteiger partial charge in [0.05, 0.1) is 27.7 Å². The Morgan fingerprint density at radius 1 is 0.408 bits per heavy atom. The Labute approximate surface area is 471 Å². The van der Waals surface area contributed by atoms with Gasteiger partial charge in [-0.15, -0.1) is 0 Å². The SMILES string of the molecule is CCCCCCC/C=C\C/C=C\C/C=C\CCCCCCCCCCCCCCCCCCCCCCCCC(=O)OC(COC(=O)CCCCCCC/C=C\CCCCCCCC)COP(=O)(O)OCC[N+](C)(C)C. The van der Waals surface area contributed by atoms with Crippen molar-refractivity contribution in [2.75, 3.05) is 47.5 Å². The van der Waals surface area contributed by atoms with E-state index in [4.69, 9.17) is 18.5 Å². The van der Waals surface area contributed by atoms with Crippen molar-refractivity contribution < 1.29 is 42.1 Å². The molecule has 0 heterocycles. The molecular formula is C66H125NO8P+. The van der Waals surface area contributed by atoms with E-state index in [2.05, 4.69) is 62.5 Å². The molecule has 0 rings (SSSR count). The van der Waals surface area contributed by atoms with Gasteiger partial charge < -0.3 is 18.9 Å². The van der Waals surface area contributed by atoms with Crippen molar-refractivity contribution in [1.82, 2.24) is 0 Å². The van der Waals surface area contributed by atoms with E-state index < -0.39 is 26.5 Å². The summed E-state index contributed by atoms with van der Waals surface area (Å²) in [5.41, 5.74) is 0. The molecule has 1 N–H and O–H groups in total. The van der Waals surface area contributed by atoms with Crippen molar-refractivity contribution in [3.8, 4) is 0 Å². The van der Waals surface area contributed by atoms with E-state index in [1.807, 2.05) is 21.1 Å². The van der Waals surface area contributed by atoms with Crippen LogP contribution < -0.4 is 0 Å². The number of phosphoric acid groups is 1. The molecule has 0 radical (unpaired) electrons. The Morgan fingerprint density at radius 2 is 0.711 bits per heavy atom. The predicted molar refractivity (Wildman–Crippen MR) is 326 cm³/mol. The highest BCUT2D eigenvalue weighted by Gasteiger charge is 2.27. The van der Waals surface area contributed by atoms with Gasteiger partial charge in [-0.05, 0) is 77.0 Å². The van der Waals surface area contributed by atoms with Gasteiger partial charge in [0.25, 0.3) is 0 Å². The predicted octanol–water partition coefficient (Wildman–Crippen LogP) is 20.5. The lowest BCUT2D eigenvalue weighted by atomic mass is 10.0. The second kappa shape index (κ2) is 57.6. The second-order valence-electron chi connectivity index (χ2n) is 23.1. The van der Waals surface area contributed by atoms with Crippen LogP contribution >= 0.6 is 7.82 Å². The number of hydrogen-bond donors (Lipinski definition) is 1. The normalized spacial score (nSPS) is 13.5. The molecule has 0 bridgehead atoms. The third-order valence-electron chi connectivity index (χ3n) is 14.3. The van der Waals surface area contributed by atoms with E-state index in [-0.39, 0.29) is 32.0 Å². The summed E-state index contributed by atoms with van der Waals surface area (Å²) in [5, 5.41) is 0. The zero-order valence-electron chi connectivity index (χ0n) is 50.8. The molecule has 0 spiro atoms. The Bertz CT molecular complexity index is 1420. The molecule has 0 aliphatic heterocycles. The van der Waals surface area contributed by atoms with Crippen LogP contribution in [0.1, 0.15) is 309 Å². The fraction of sp³-hybridized carbons (Fsp3) is 0.848. The molecule has 0 aliphatic carbocycles. The molecule has 0 aromatic rings. The first-order valence-electron chi connectivity index (χ1n) is 32.4. The first kappa shape index (κ1) is 74.0. The number of quaternary nitrogens is 1. The van der Waals surface area contributed by atoms with Crippen molar-refractivity contribution >= 4 is 19.8 Å². The summed E-state index contributed by atoms with van der Waals surface area (Å²) in [4.78, 5) is 35.7. The lowest BCUT2D eigenvalue weighted by molar-refractivity contribution is -0.870. The van der Waals surface area contributed by atoms with E-state index in [9.17, 15) is 19.0 Å². The first-order chi connectivity index (χ1) is 37.0. The Hall–Kier alpha value is -2.03. The lowest BCUT2D eigenvalue weighted by Gasteiger charge is -2.24. The minimum Gasteiger partial charge on any atom is -0.462 e. The number of ether oxygens (including phenoxy) is 2. The highest BCUT2D eigenvalue weighted by molar-refractivity contribution is 7.47. The molecule has 9 nitrogen and oxygen atoms in total. The van der Waals surface area contributed by atoms with Gasteiger partial charge >= 0.3 is 19.8 Å². The lowest BCUT2D eigenvalue weighted by Crippen LogP contribution is -2.37. The van der Waals surface area contributed by atoms with Crippen LogP contribution in [0.2, 0.25) is 0 Å². The first-order valence-corrected chi connectivity index (χ1v) is 33.9. The molecule has 0 aromatic carbocycles. The molecule has 446 valence electrons. The summed E-state index contributed by atoms with van der Waals surface area (Å²) in [5.74, 6) is -0.794. The highest BCUT2D eigenvalue weighted by atomic mass is 31.2. The van der Waals surface area contributed by atoms with Gasteiger partial charge in [0, 0.05) is 12.8 Å². The molecule has 0 aliphatic rings. The van der Waals surface area contributed by atoms with Crippen LogP contribution in [0.4, 0.5) is 0 Å². The molecule has 10 heteroatoms. The average Bonchev–Trinajstić information content (AvgIpc) is 3.38. The van der Waals surface area contributed by atoms with Gasteiger partial charge in [0.15, 0.2) is 6.10 Å². The highest BCUT2D eigenvalue weighted by Crippen LogP contribution is 2.43. The van der Waals surface area contributed by atoms with Gasteiger partial charge in [0.2, 0.25) is 0 Å². The third-order valence-corrected chi connectivity index (χ3v) is 15.3. The standard InChI is InChI=1S/C66H124NO8P/c1-6-8-10-12-14-16-18-20-22-23-24-25-26-27-28-29-30-31-32-33-34-35-36-37-38-39-40-41-42-43-45-47-49-51-53-55-57-59-66(69)75-64(63-74-76(70,71)73-61-60-67(3,4)5)62-72-65(68)58-56-54-52-50-48-46-44-21-19-17-15-13-11-9-7-2/h18,20-21,23-24,26-27,44,64H,6-17,19,22,25,28-43,45-63H2,1-5H3/p+1/b20-18-,24-23-,27-26-,44-21-. The van der Waals surface area contributed by atoms with Crippen molar-refractivity contribution in [3.05, 3.63) is 48.6 Å². The van der Waals surface area contributed by atoms with E-state index in [0.29, 0.717) is 17.4 Å². The van der Waals surface area contributed by atoms with E-state index in [0.717, 1.165) is 64.2 Å². The molecule has 0 aromatic heterocycles. The summed E-state index contributed by atoms with van der Waals surface area (Å²) < 4.78 is 34.6. The number of esters is 2. The Morgan fingerprint density at radius 3 is 1.07 bits per heavy atom. The number of carbonyl (C=O) groups is 2. The number of phosphoric ester groups is 1. The maximum Gasteiger partial charge on any atom is 0.472 e. The second-order valence-corrected chi connectivity index (χ2v) is 24.6. The van der Waals surface area contributed by atoms with E-state index in [1.165, 1.54) is 212 Å². The Balaban J connectivity index is 3.94. The molecule has 0 amide bonds. The molecule has 2 atom stereocenters. The van der Waals surface area contributed by atoms with Crippen molar-refractivity contribution in [3.63, 3.8) is 0 Å². The monoisotopic (exact) mass is 1090 g/mol. The number of unbranched alkanes of at least 4 members (excludes halogenated alkanes) is 38. The zero-order valence-corrected chi connectivity index (χ0v) is 51.6. The number of likely N-dealkylation sites (N-methyl/N-ethyl adjacent to an activating group) is 1. The zero-order chi connectivity index (χ0) is 55.6. The van der Waals surface area contributed by atoms with Crippen LogP contribution in [-0.4, -0.2) is 74.9 Å². The number of nitrogens with zero attached hydrogens (tertiary/aromatic N) is 1. The third kappa shape index (κ3) is 61.2. The van der Waals surface area contributed by atoms with Gasteiger partial charge in [-0.25, -0.2) is 4.57 Å². The van der Waals surface area contributed by atoms with Crippen molar-refractivity contribution in [1.29, 1.82) is 0 Å². The minimum atomic E-state index is -4.39. The van der Waals surface area contributed by atoms with E-state index >= 15 is 0 Å². The molecule has 2 unspecified atom stereocenters. The summed E-state index contributed by atoms with van der Waals surface area (Å²) in [7, 11) is 1.48. The molecular weight excluding hydrogens is 966 g/mol. The maximum absolute atomic E-state index is 12.8. The fourth-order valence-electron chi connectivity index (χ4n) is 9.31. The van der Waals surface area contributed by atoms with Gasteiger partial charge in [0.1, 0.15) is 19.8 Å². The molecule has 76 heavy (non-hydrogen) atoms. The van der Waals surface area contributed by atoms with Crippen LogP contribution in [0.25, 0.3) is 0 Å². The topological polar surface area (TPSA) is 108 Å². The smallest absolute Gasteiger partial charge is 0.462 e. The van der Waals surface area contributed by atoms with Crippen LogP contribution in [0.5, 0.6) is 0 Å². The molecule has 0 saturated carbocycles. The number of allylic oxidation sites excluding steroid dienone is 8. The summed E-state index contributed by atoms with van der Waals surface area (Å²) in [6, 6.07) is 0. The fourth-order valence-corrected chi connectivity index (χ4v) is 10.1. The van der Waals surface area contributed by atoms with Gasteiger partial charge in [-0.2, -0.15) is 0 Å². The largest absolute Gasteiger partial charge is 0.472 e. The molecule has 0 saturated heterocycles. The molecule has 0 fully saturated rings. The Kier molecular flexibility index (Phi) is 56.1. The quantitative estimate of drug-likeness (QED) is 0.0211. The van der Waals surface area contributed by atoms with Crippen LogP contribution in [-0.2, 0) is 32.7 Å². The number of hydrogen-bond acceptors (Lipinski definition) is 7. The number of rotatable bonds is 60. The van der Waals surface area contributed by atoms with Gasteiger partial charge in [-0.3, -0.25) is 18.6 Å². The maximum atomic E-state index is 12.8. The minimum absolute atomic E-state index is 0.0319.